The summed E-state index contributed by atoms with van der Waals surface area (Å²) in [5.74, 6) is -0.351. The number of piperidine rings is 1. The molecule has 3 N–H and O–H groups in total. The molecule has 3 aliphatic rings. The summed E-state index contributed by atoms with van der Waals surface area (Å²) in [6.07, 6.45) is 0.653. The van der Waals surface area contributed by atoms with E-state index in [1.165, 1.54) is 11.1 Å². The Morgan fingerprint density at radius 3 is 2.81 bits per heavy atom. The molecule has 7 heteroatoms. The third-order valence-electron chi connectivity index (χ3n) is 6.51. The van der Waals surface area contributed by atoms with Gasteiger partial charge in [0.2, 0.25) is 11.8 Å². The van der Waals surface area contributed by atoms with Crippen molar-refractivity contribution in [2.24, 2.45) is 0 Å². The fraction of sp³-hybridized carbons (Fsp3) is 0.375. The fourth-order valence-electron chi connectivity index (χ4n) is 4.87. The van der Waals surface area contributed by atoms with Gasteiger partial charge in [-0.1, -0.05) is 36.4 Å². The van der Waals surface area contributed by atoms with Gasteiger partial charge in [-0.3, -0.25) is 19.7 Å². The molecule has 3 heterocycles. The Balaban J connectivity index is 1.22. The standard InChI is InChI=1S/C24H26N4O3/c29-22-8-7-21(23(30)27-22)28-14-17-6-5-15(9-20(17)24(28)31)10-25-12-18-13-26-11-16-3-1-2-4-19(16)18/h1-6,9,18,21,25-26H,7-8,10-14H2,(H,27,29,30). The quantitative estimate of drug-likeness (QED) is 0.639. The molecule has 0 radical (unpaired) electrons. The molecule has 0 bridgehead atoms. The lowest BCUT2D eigenvalue weighted by Gasteiger charge is -2.29. The number of nitrogens with zero attached hydrogens (tertiary/aromatic N) is 1. The smallest absolute Gasteiger partial charge is 0.255 e. The van der Waals surface area contributed by atoms with Gasteiger partial charge < -0.3 is 15.5 Å². The first-order chi connectivity index (χ1) is 15.1. The van der Waals surface area contributed by atoms with Crippen molar-refractivity contribution in [3.05, 3.63) is 70.3 Å². The van der Waals surface area contributed by atoms with Crippen LogP contribution in [0.3, 0.4) is 0 Å². The van der Waals surface area contributed by atoms with E-state index in [0.717, 1.165) is 30.8 Å². The SMILES string of the molecule is O=C1CCC(N2Cc3ccc(CNCC4CNCc5ccccc54)cc3C2=O)C(=O)N1. The highest BCUT2D eigenvalue weighted by Crippen LogP contribution is 2.28. The van der Waals surface area contributed by atoms with Gasteiger partial charge in [0, 0.05) is 50.6 Å². The molecular weight excluding hydrogens is 392 g/mol. The summed E-state index contributed by atoms with van der Waals surface area (Å²) in [5, 5.41) is 9.36. The van der Waals surface area contributed by atoms with Crippen LogP contribution in [0.4, 0.5) is 0 Å². The number of carbonyl (C=O) groups is 3. The highest BCUT2D eigenvalue weighted by atomic mass is 16.2. The fourth-order valence-corrected chi connectivity index (χ4v) is 4.87. The second kappa shape index (κ2) is 8.24. The van der Waals surface area contributed by atoms with Gasteiger partial charge in [-0.2, -0.15) is 0 Å². The van der Waals surface area contributed by atoms with Crippen LogP contribution in [0.1, 0.15) is 51.4 Å². The highest BCUT2D eigenvalue weighted by molar-refractivity contribution is 6.05. The first-order valence-corrected chi connectivity index (χ1v) is 10.9. The van der Waals surface area contributed by atoms with Crippen molar-refractivity contribution < 1.29 is 14.4 Å². The molecule has 0 aliphatic carbocycles. The van der Waals surface area contributed by atoms with E-state index in [1.807, 2.05) is 18.2 Å². The van der Waals surface area contributed by atoms with Crippen LogP contribution in [-0.4, -0.2) is 41.8 Å². The largest absolute Gasteiger partial charge is 0.322 e. The number of hydrogen-bond donors (Lipinski definition) is 3. The van der Waals surface area contributed by atoms with Gasteiger partial charge in [0.05, 0.1) is 0 Å². The third-order valence-corrected chi connectivity index (χ3v) is 6.51. The maximum Gasteiger partial charge on any atom is 0.255 e. The first-order valence-electron chi connectivity index (χ1n) is 10.9. The zero-order valence-corrected chi connectivity index (χ0v) is 17.3. The van der Waals surface area contributed by atoms with Crippen molar-refractivity contribution in [3.8, 4) is 0 Å². The molecule has 3 aliphatic heterocycles. The molecule has 5 rings (SSSR count). The van der Waals surface area contributed by atoms with Gasteiger partial charge in [-0.25, -0.2) is 0 Å². The van der Waals surface area contributed by atoms with Crippen LogP contribution < -0.4 is 16.0 Å². The van der Waals surface area contributed by atoms with E-state index < -0.39 is 6.04 Å². The van der Waals surface area contributed by atoms with Gasteiger partial charge >= 0.3 is 0 Å². The zero-order valence-electron chi connectivity index (χ0n) is 17.3. The van der Waals surface area contributed by atoms with E-state index in [4.69, 9.17) is 0 Å². The minimum absolute atomic E-state index is 0.128. The number of nitrogens with one attached hydrogen (secondary N) is 3. The van der Waals surface area contributed by atoms with E-state index in [0.29, 0.717) is 31.0 Å². The highest BCUT2D eigenvalue weighted by Gasteiger charge is 2.39. The van der Waals surface area contributed by atoms with Gasteiger partial charge in [-0.15, -0.1) is 0 Å². The molecule has 1 fully saturated rings. The molecule has 0 saturated carbocycles. The summed E-state index contributed by atoms with van der Waals surface area (Å²) in [6, 6.07) is 13.9. The summed E-state index contributed by atoms with van der Waals surface area (Å²) in [5.41, 5.74) is 5.40. The Morgan fingerprint density at radius 2 is 1.94 bits per heavy atom. The van der Waals surface area contributed by atoms with Crippen LogP contribution in [0.15, 0.2) is 42.5 Å². The van der Waals surface area contributed by atoms with Crippen LogP contribution in [0, 0.1) is 0 Å². The van der Waals surface area contributed by atoms with Crippen molar-refractivity contribution in [1.29, 1.82) is 0 Å². The number of imide groups is 1. The van der Waals surface area contributed by atoms with Crippen LogP contribution >= 0.6 is 0 Å². The minimum atomic E-state index is -0.571. The first kappa shape index (κ1) is 19.9. The molecule has 160 valence electrons. The molecule has 2 aromatic carbocycles. The number of amides is 3. The van der Waals surface area contributed by atoms with Crippen LogP contribution in [0.25, 0.3) is 0 Å². The normalized spacial score (nSPS) is 22.8. The number of hydrogen-bond acceptors (Lipinski definition) is 5. The Bertz CT molecular complexity index is 1050. The molecule has 1 saturated heterocycles. The molecule has 3 amide bonds. The molecule has 31 heavy (non-hydrogen) atoms. The topological polar surface area (TPSA) is 90.5 Å². The summed E-state index contributed by atoms with van der Waals surface area (Å²) in [7, 11) is 0. The Labute approximate surface area is 181 Å². The third kappa shape index (κ3) is 3.86. The van der Waals surface area contributed by atoms with Gasteiger partial charge in [0.25, 0.3) is 5.91 Å². The molecule has 0 aromatic heterocycles. The lowest BCUT2D eigenvalue weighted by molar-refractivity contribution is -0.136. The number of fused-ring (bicyclic) bond motifs is 2. The second-order valence-corrected chi connectivity index (χ2v) is 8.55. The van der Waals surface area contributed by atoms with Crippen LogP contribution in [0.2, 0.25) is 0 Å². The monoisotopic (exact) mass is 418 g/mol. The van der Waals surface area contributed by atoms with Crippen molar-refractivity contribution in [2.45, 2.75) is 44.4 Å². The summed E-state index contributed by atoms with van der Waals surface area (Å²) in [6.45, 7) is 3.82. The van der Waals surface area contributed by atoms with Gasteiger partial charge in [0.15, 0.2) is 0 Å². The van der Waals surface area contributed by atoms with Gasteiger partial charge in [-0.05, 0) is 34.7 Å². The lowest BCUT2D eigenvalue weighted by Crippen LogP contribution is -2.52. The van der Waals surface area contributed by atoms with Crippen molar-refractivity contribution in [3.63, 3.8) is 0 Å². The Morgan fingerprint density at radius 1 is 1.06 bits per heavy atom. The number of carbonyl (C=O) groups excluding carboxylic acids is 3. The second-order valence-electron chi connectivity index (χ2n) is 8.55. The minimum Gasteiger partial charge on any atom is -0.322 e. The predicted octanol–water partition coefficient (Wildman–Crippen LogP) is 1.42. The van der Waals surface area contributed by atoms with Gasteiger partial charge in [0.1, 0.15) is 6.04 Å². The van der Waals surface area contributed by atoms with Crippen molar-refractivity contribution >= 4 is 17.7 Å². The average Bonchev–Trinajstić information content (AvgIpc) is 3.10. The number of rotatable bonds is 5. The Kier molecular flexibility index (Phi) is 5.29. The molecule has 2 atom stereocenters. The summed E-state index contributed by atoms with van der Waals surface area (Å²) >= 11 is 0. The molecule has 7 nitrogen and oxygen atoms in total. The summed E-state index contributed by atoms with van der Waals surface area (Å²) < 4.78 is 0. The van der Waals surface area contributed by atoms with Crippen LogP contribution in [0.5, 0.6) is 0 Å². The molecule has 2 unspecified atom stereocenters. The summed E-state index contributed by atoms with van der Waals surface area (Å²) in [4.78, 5) is 38.2. The maximum absolute atomic E-state index is 13.0. The molecule has 0 spiro atoms. The van der Waals surface area contributed by atoms with Crippen molar-refractivity contribution in [1.82, 2.24) is 20.9 Å². The number of benzene rings is 2. The van der Waals surface area contributed by atoms with E-state index in [1.54, 1.807) is 4.90 Å². The van der Waals surface area contributed by atoms with E-state index in [2.05, 4.69) is 40.2 Å². The molecule has 2 aromatic rings. The van der Waals surface area contributed by atoms with Crippen LogP contribution in [-0.2, 0) is 29.2 Å². The van der Waals surface area contributed by atoms with Crippen molar-refractivity contribution in [2.75, 3.05) is 13.1 Å². The van der Waals surface area contributed by atoms with E-state index in [-0.39, 0.29) is 24.1 Å². The van der Waals surface area contributed by atoms with E-state index in [9.17, 15) is 14.4 Å². The molecular formula is C24H26N4O3. The maximum atomic E-state index is 13.0. The predicted molar refractivity (Wildman–Crippen MR) is 115 cm³/mol. The average molecular weight is 418 g/mol. The van der Waals surface area contributed by atoms with E-state index >= 15 is 0 Å². The zero-order chi connectivity index (χ0) is 21.4. The lowest BCUT2D eigenvalue weighted by atomic mass is 9.91. The Hall–Kier alpha value is -3.03.